The van der Waals surface area contributed by atoms with Crippen molar-refractivity contribution in [2.75, 3.05) is 6.54 Å². The quantitative estimate of drug-likeness (QED) is 0.712. The SMILES string of the molecule is N[C@H]1CCN[C@H](c2ccccc2F)C1. The van der Waals surface area contributed by atoms with Crippen molar-refractivity contribution in [1.82, 2.24) is 5.32 Å². The lowest BCUT2D eigenvalue weighted by Gasteiger charge is -2.28. The molecule has 0 bridgehead atoms. The van der Waals surface area contributed by atoms with Crippen molar-refractivity contribution in [1.29, 1.82) is 0 Å². The maximum absolute atomic E-state index is 13.4. The Morgan fingerprint density at radius 1 is 1.36 bits per heavy atom. The number of benzene rings is 1. The zero-order chi connectivity index (χ0) is 9.97. The van der Waals surface area contributed by atoms with Crippen LogP contribution in [0, 0.1) is 5.82 Å². The zero-order valence-corrected chi connectivity index (χ0v) is 8.04. The number of rotatable bonds is 1. The molecule has 0 unspecified atom stereocenters. The van der Waals surface area contributed by atoms with Crippen LogP contribution in [0.5, 0.6) is 0 Å². The molecule has 0 spiro atoms. The molecule has 1 fully saturated rings. The molecule has 1 aromatic carbocycles. The number of nitrogens with two attached hydrogens (primary N) is 1. The monoisotopic (exact) mass is 194 g/mol. The van der Waals surface area contributed by atoms with Crippen LogP contribution in [-0.2, 0) is 0 Å². The second kappa shape index (κ2) is 4.07. The predicted molar refractivity (Wildman–Crippen MR) is 54.4 cm³/mol. The predicted octanol–water partition coefficient (Wildman–Crippen LogP) is 1.58. The molecule has 2 atom stereocenters. The van der Waals surface area contributed by atoms with Crippen molar-refractivity contribution in [3.63, 3.8) is 0 Å². The smallest absolute Gasteiger partial charge is 0.127 e. The highest BCUT2D eigenvalue weighted by molar-refractivity contribution is 5.21. The third kappa shape index (κ3) is 1.94. The van der Waals surface area contributed by atoms with E-state index in [1.54, 1.807) is 6.07 Å². The van der Waals surface area contributed by atoms with Crippen molar-refractivity contribution in [3.05, 3.63) is 35.6 Å². The lowest BCUT2D eigenvalue weighted by Crippen LogP contribution is -2.38. The van der Waals surface area contributed by atoms with E-state index < -0.39 is 0 Å². The molecule has 0 aliphatic carbocycles. The van der Waals surface area contributed by atoms with Gasteiger partial charge in [-0.25, -0.2) is 4.39 Å². The standard InChI is InChI=1S/C11H15FN2/c12-10-4-2-1-3-9(10)11-7-8(13)5-6-14-11/h1-4,8,11,14H,5-7,13H2/t8-,11-/m0/s1. The summed E-state index contributed by atoms with van der Waals surface area (Å²) in [4.78, 5) is 0. The Hall–Kier alpha value is -0.930. The van der Waals surface area contributed by atoms with Gasteiger partial charge in [0.1, 0.15) is 5.82 Å². The third-order valence-corrected chi connectivity index (χ3v) is 2.72. The molecule has 1 aliphatic rings. The molecule has 14 heavy (non-hydrogen) atoms. The van der Waals surface area contributed by atoms with E-state index in [1.165, 1.54) is 6.07 Å². The highest BCUT2D eigenvalue weighted by Crippen LogP contribution is 2.24. The summed E-state index contributed by atoms with van der Waals surface area (Å²) in [6, 6.07) is 7.17. The van der Waals surface area contributed by atoms with E-state index in [-0.39, 0.29) is 17.9 Å². The van der Waals surface area contributed by atoms with Crippen LogP contribution in [0.3, 0.4) is 0 Å². The van der Waals surface area contributed by atoms with Gasteiger partial charge in [-0.1, -0.05) is 18.2 Å². The first-order valence-corrected chi connectivity index (χ1v) is 5.01. The maximum atomic E-state index is 13.4. The highest BCUT2D eigenvalue weighted by Gasteiger charge is 2.21. The summed E-state index contributed by atoms with van der Waals surface area (Å²) in [5.41, 5.74) is 6.59. The Kier molecular flexibility index (Phi) is 2.79. The van der Waals surface area contributed by atoms with Crippen LogP contribution in [-0.4, -0.2) is 12.6 Å². The van der Waals surface area contributed by atoms with Gasteiger partial charge in [0.2, 0.25) is 0 Å². The van der Waals surface area contributed by atoms with Crippen LogP contribution >= 0.6 is 0 Å². The van der Waals surface area contributed by atoms with Crippen LogP contribution in [0.4, 0.5) is 4.39 Å². The zero-order valence-electron chi connectivity index (χ0n) is 8.04. The lowest BCUT2D eigenvalue weighted by molar-refractivity contribution is 0.361. The van der Waals surface area contributed by atoms with Crippen molar-refractivity contribution in [2.45, 2.75) is 24.9 Å². The second-order valence-electron chi connectivity index (χ2n) is 3.81. The van der Waals surface area contributed by atoms with E-state index in [2.05, 4.69) is 5.32 Å². The Bertz CT molecular complexity index is 314. The summed E-state index contributed by atoms with van der Waals surface area (Å²) >= 11 is 0. The fourth-order valence-electron chi connectivity index (χ4n) is 1.94. The third-order valence-electron chi connectivity index (χ3n) is 2.72. The number of hydrogen-bond donors (Lipinski definition) is 2. The first-order chi connectivity index (χ1) is 6.77. The summed E-state index contributed by atoms with van der Waals surface area (Å²) in [6.45, 7) is 0.875. The van der Waals surface area contributed by atoms with E-state index in [0.717, 1.165) is 24.9 Å². The van der Waals surface area contributed by atoms with Crippen molar-refractivity contribution < 1.29 is 4.39 Å². The van der Waals surface area contributed by atoms with Crippen LogP contribution < -0.4 is 11.1 Å². The minimum Gasteiger partial charge on any atom is -0.328 e. The Labute approximate surface area is 83.3 Å². The molecular weight excluding hydrogens is 179 g/mol. The molecule has 3 heteroatoms. The van der Waals surface area contributed by atoms with Gasteiger partial charge >= 0.3 is 0 Å². The Balaban J connectivity index is 2.18. The van der Waals surface area contributed by atoms with Gasteiger partial charge in [0, 0.05) is 17.6 Å². The van der Waals surface area contributed by atoms with E-state index in [0.29, 0.717) is 0 Å². The summed E-state index contributed by atoms with van der Waals surface area (Å²) in [6.07, 6.45) is 1.80. The average Bonchev–Trinajstić information content (AvgIpc) is 2.18. The molecule has 76 valence electrons. The largest absolute Gasteiger partial charge is 0.328 e. The summed E-state index contributed by atoms with van der Waals surface area (Å²) < 4.78 is 13.4. The first-order valence-electron chi connectivity index (χ1n) is 5.01. The lowest BCUT2D eigenvalue weighted by atomic mass is 9.94. The van der Waals surface area contributed by atoms with E-state index in [4.69, 9.17) is 5.73 Å². The number of nitrogens with one attached hydrogen (secondary N) is 1. The van der Waals surface area contributed by atoms with Crippen LogP contribution in [0.25, 0.3) is 0 Å². The van der Waals surface area contributed by atoms with Gasteiger partial charge in [-0.3, -0.25) is 0 Å². The number of piperidine rings is 1. The van der Waals surface area contributed by atoms with Gasteiger partial charge < -0.3 is 11.1 Å². The number of halogens is 1. The van der Waals surface area contributed by atoms with Crippen molar-refractivity contribution in [2.24, 2.45) is 5.73 Å². The number of hydrogen-bond acceptors (Lipinski definition) is 2. The Morgan fingerprint density at radius 2 is 2.14 bits per heavy atom. The molecular formula is C11H15FN2. The van der Waals surface area contributed by atoms with Crippen LogP contribution in [0.2, 0.25) is 0 Å². The molecule has 1 heterocycles. The molecule has 2 nitrogen and oxygen atoms in total. The highest BCUT2D eigenvalue weighted by atomic mass is 19.1. The first kappa shape index (κ1) is 9.62. The van der Waals surface area contributed by atoms with E-state index in [1.807, 2.05) is 12.1 Å². The van der Waals surface area contributed by atoms with Gasteiger partial charge in [0.05, 0.1) is 0 Å². The second-order valence-corrected chi connectivity index (χ2v) is 3.81. The molecule has 1 aromatic rings. The molecule has 3 N–H and O–H groups in total. The minimum atomic E-state index is -0.140. The normalized spacial score (nSPS) is 27.6. The van der Waals surface area contributed by atoms with Crippen molar-refractivity contribution >= 4 is 0 Å². The topological polar surface area (TPSA) is 38.0 Å². The van der Waals surface area contributed by atoms with Gasteiger partial charge in [0.15, 0.2) is 0 Å². The van der Waals surface area contributed by atoms with Gasteiger partial charge in [-0.15, -0.1) is 0 Å². The Morgan fingerprint density at radius 3 is 2.86 bits per heavy atom. The average molecular weight is 194 g/mol. The summed E-state index contributed by atoms with van der Waals surface area (Å²) in [5.74, 6) is -0.140. The molecule has 0 saturated carbocycles. The molecule has 0 aromatic heterocycles. The molecule has 0 radical (unpaired) electrons. The fourth-order valence-corrected chi connectivity index (χ4v) is 1.94. The van der Waals surface area contributed by atoms with Crippen LogP contribution in [0.15, 0.2) is 24.3 Å². The van der Waals surface area contributed by atoms with Crippen LogP contribution in [0.1, 0.15) is 24.4 Å². The molecule has 2 rings (SSSR count). The molecule has 1 aliphatic heterocycles. The summed E-state index contributed by atoms with van der Waals surface area (Å²) in [7, 11) is 0. The van der Waals surface area contributed by atoms with Gasteiger partial charge in [0.25, 0.3) is 0 Å². The van der Waals surface area contributed by atoms with E-state index in [9.17, 15) is 4.39 Å². The van der Waals surface area contributed by atoms with Gasteiger partial charge in [-0.2, -0.15) is 0 Å². The molecule has 1 saturated heterocycles. The van der Waals surface area contributed by atoms with Crippen molar-refractivity contribution in [3.8, 4) is 0 Å². The summed E-state index contributed by atoms with van der Waals surface area (Å²) in [5, 5.41) is 3.29. The minimum absolute atomic E-state index is 0.0833. The van der Waals surface area contributed by atoms with Gasteiger partial charge in [-0.05, 0) is 25.5 Å². The van der Waals surface area contributed by atoms with E-state index >= 15 is 0 Å². The molecule has 0 amide bonds. The fraction of sp³-hybridized carbons (Fsp3) is 0.455. The maximum Gasteiger partial charge on any atom is 0.127 e.